The zero-order valence-corrected chi connectivity index (χ0v) is 10.3. The lowest BCUT2D eigenvalue weighted by atomic mass is 10.2. The lowest BCUT2D eigenvalue weighted by Gasteiger charge is -2.09. The van der Waals surface area contributed by atoms with Crippen molar-refractivity contribution < 1.29 is 5.11 Å². The largest absolute Gasteiger partial charge is 0.508 e. The van der Waals surface area contributed by atoms with Crippen LogP contribution >= 0.6 is 0 Å². The molecule has 3 heteroatoms. The van der Waals surface area contributed by atoms with Crippen LogP contribution in [0.3, 0.4) is 0 Å². The third-order valence-corrected chi connectivity index (χ3v) is 2.22. The van der Waals surface area contributed by atoms with E-state index in [2.05, 4.69) is 0 Å². The van der Waals surface area contributed by atoms with E-state index in [1.54, 1.807) is 17.6 Å². The fraction of sp³-hybridized carbons (Fsp3) is 0.214. The minimum absolute atomic E-state index is 0.00433. The second kappa shape index (κ2) is 5.89. The lowest BCUT2D eigenvalue weighted by Crippen LogP contribution is -2.18. The Kier molecular flexibility index (Phi) is 4.52. The van der Waals surface area contributed by atoms with Crippen molar-refractivity contribution in [3.8, 4) is 11.4 Å². The normalized spacial score (nSPS) is 9.35. The molecule has 0 saturated heterocycles. The van der Waals surface area contributed by atoms with Gasteiger partial charge in [0.25, 0.3) is 5.56 Å². The van der Waals surface area contributed by atoms with Gasteiger partial charge in [-0.15, -0.1) is 0 Å². The number of rotatable bonds is 1. The first-order chi connectivity index (χ1) is 8.18. The molecular formula is C14H17NO2. The molecule has 0 aliphatic carbocycles. The second-order valence-electron chi connectivity index (χ2n) is 3.36. The predicted molar refractivity (Wildman–Crippen MR) is 69.8 cm³/mol. The third-order valence-electron chi connectivity index (χ3n) is 2.22. The first-order valence-corrected chi connectivity index (χ1v) is 5.66. The Hall–Kier alpha value is -2.03. The Morgan fingerprint density at radius 2 is 1.65 bits per heavy atom. The highest BCUT2D eigenvalue weighted by molar-refractivity contribution is 5.36. The summed E-state index contributed by atoms with van der Waals surface area (Å²) in [4.78, 5) is 11.7. The number of para-hydroxylation sites is 1. The Morgan fingerprint density at radius 1 is 1.06 bits per heavy atom. The van der Waals surface area contributed by atoms with E-state index in [4.69, 9.17) is 0 Å². The molecule has 0 spiro atoms. The number of benzene rings is 1. The molecule has 0 aliphatic heterocycles. The van der Waals surface area contributed by atoms with E-state index >= 15 is 0 Å². The van der Waals surface area contributed by atoms with Gasteiger partial charge < -0.3 is 5.11 Å². The van der Waals surface area contributed by atoms with Gasteiger partial charge in [0.05, 0.1) is 0 Å². The van der Waals surface area contributed by atoms with Crippen molar-refractivity contribution in [1.82, 2.24) is 4.57 Å². The van der Waals surface area contributed by atoms with Crippen molar-refractivity contribution in [3.05, 3.63) is 58.5 Å². The number of hydrogen-bond donors (Lipinski definition) is 1. The lowest BCUT2D eigenvalue weighted by molar-refractivity contribution is 0.472. The van der Waals surface area contributed by atoms with Crippen LogP contribution in [0.5, 0.6) is 5.75 Å². The van der Waals surface area contributed by atoms with Gasteiger partial charge in [0.1, 0.15) is 5.75 Å². The van der Waals surface area contributed by atoms with Crippen LogP contribution in [0.15, 0.2) is 47.3 Å². The molecule has 0 amide bonds. The van der Waals surface area contributed by atoms with Gasteiger partial charge >= 0.3 is 0 Å². The third kappa shape index (κ3) is 2.97. The number of hydrogen-bond acceptors (Lipinski definition) is 2. The van der Waals surface area contributed by atoms with E-state index in [1.807, 2.05) is 44.2 Å². The quantitative estimate of drug-likeness (QED) is 0.820. The van der Waals surface area contributed by atoms with Crippen LogP contribution in [-0.4, -0.2) is 9.67 Å². The maximum absolute atomic E-state index is 11.7. The number of aromatic nitrogens is 1. The van der Waals surface area contributed by atoms with Crippen molar-refractivity contribution >= 4 is 0 Å². The van der Waals surface area contributed by atoms with Crippen LogP contribution in [0, 0.1) is 6.92 Å². The molecule has 0 unspecified atom stereocenters. The van der Waals surface area contributed by atoms with E-state index in [0.29, 0.717) is 5.69 Å². The van der Waals surface area contributed by atoms with Crippen LogP contribution in [0.1, 0.15) is 19.5 Å². The van der Waals surface area contributed by atoms with Gasteiger partial charge in [0.15, 0.2) is 0 Å². The molecule has 0 radical (unpaired) electrons. The molecule has 0 bridgehead atoms. The molecule has 17 heavy (non-hydrogen) atoms. The summed E-state index contributed by atoms with van der Waals surface area (Å²) in [6.07, 6.45) is 0. The molecule has 3 nitrogen and oxygen atoms in total. The summed E-state index contributed by atoms with van der Waals surface area (Å²) in [5.41, 5.74) is 1.30. The molecule has 1 heterocycles. The molecule has 1 aromatic heterocycles. The molecule has 0 saturated carbocycles. The first kappa shape index (κ1) is 13.0. The zero-order valence-electron chi connectivity index (χ0n) is 10.3. The summed E-state index contributed by atoms with van der Waals surface area (Å²) < 4.78 is 1.56. The van der Waals surface area contributed by atoms with Gasteiger partial charge in [-0.2, -0.15) is 0 Å². The van der Waals surface area contributed by atoms with Gasteiger partial charge in [0.2, 0.25) is 0 Å². The fourth-order valence-electron chi connectivity index (χ4n) is 1.59. The van der Waals surface area contributed by atoms with Crippen LogP contribution in [0.25, 0.3) is 5.69 Å². The van der Waals surface area contributed by atoms with E-state index in [0.717, 1.165) is 5.69 Å². The van der Waals surface area contributed by atoms with Crippen molar-refractivity contribution in [2.75, 3.05) is 0 Å². The minimum atomic E-state index is -0.223. The summed E-state index contributed by atoms with van der Waals surface area (Å²) in [5, 5.41) is 9.25. The highest BCUT2D eigenvalue weighted by Gasteiger charge is 2.03. The number of aryl methyl sites for hydroxylation is 1. The Bertz CT molecular complexity index is 530. The molecule has 0 aliphatic rings. The van der Waals surface area contributed by atoms with Gasteiger partial charge in [-0.25, -0.2) is 0 Å². The summed E-state index contributed by atoms with van der Waals surface area (Å²) in [7, 11) is 0. The maximum Gasteiger partial charge on any atom is 0.258 e. The number of aromatic hydroxyl groups is 1. The van der Waals surface area contributed by atoms with E-state index in [-0.39, 0.29) is 11.3 Å². The molecular weight excluding hydrogens is 214 g/mol. The van der Waals surface area contributed by atoms with Gasteiger partial charge in [0, 0.05) is 17.4 Å². The van der Waals surface area contributed by atoms with Gasteiger partial charge in [-0.3, -0.25) is 9.36 Å². The molecule has 0 atom stereocenters. The van der Waals surface area contributed by atoms with Crippen molar-refractivity contribution in [1.29, 1.82) is 0 Å². The molecule has 0 fully saturated rings. The van der Waals surface area contributed by atoms with Gasteiger partial charge in [-0.1, -0.05) is 32.0 Å². The smallest absolute Gasteiger partial charge is 0.258 e. The number of nitrogens with zero attached hydrogens (tertiary/aromatic N) is 1. The van der Waals surface area contributed by atoms with Crippen LogP contribution < -0.4 is 5.56 Å². The summed E-state index contributed by atoms with van der Waals surface area (Å²) in [5.74, 6) is 0.00433. The van der Waals surface area contributed by atoms with Gasteiger partial charge in [-0.05, 0) is 25.1 Å². The van der Waals surface area contributed by atoms with Crippen molar-refractivity contribution in [3.63, 3.8) is 0 Å². The highest BCUT2D eigenvalue weighted by Crippen LogP contribution is 2.12. The monoisotopic (exact) mass is 231 g/mol. The second-order valence-corrected chi connectivity index (χ2v) is 3.36. The summed E-state index contributed by atoms with van der Waals surface area (Å²) in [6.45, 7) is 5.79. The van der Waals surface area contributed by atoms with Crippen LogP contribution in [0.2, 0.25) is 0 Å². The molecule has 90 valence electrons. The van der Waals surface area contributed by atoms with E-state index < -0.39 is 0 Å². The fourth-order valence-corrected chi connectivity index (χ4v) is 1.59. The SMILES string of the molecule is CC.Cc1cc(O)cc(=O)n1-c1ccccc1. The van der Waals surface area contributed by atoms with Crippen molar-refractivity contribution in [2.24, 2.45) is 0 Å². The topological polar surface area (TPSA) is 42.2 Å². The molecule has 2 rings (SSSR count). The average molecular weight is 231 g/mol. The highest BCUT2D eigenvalue weighted by atomic mass is 16.3. The standard InChI is InChI=1S/C12H11NO2.C2H6/c1-9-7-11(14)8-12(15)13(9)10-5-3-2-4-6-10;1-2/h2-8,14H,1H3;1-2H3. The zero-order chi connectivity index (χ0) is 12.8. The molecule has 1 aromatic carbocycles. The minimum Gasteiger partial charge on any atom is -0.508 e. The Morgan fingerprint density at radius 3 is 2.18 bits per heavy atom. The van der Waals surface area contributed by atoms with Crippen LogP contribution in [-0.2, 0) is 0 Å². The maximum atomic E-state index is 11.7. The van der Waals surface area contributed by atoms with E-state index in [1.165, 1.54) is 6.07 Å². The average Bonchev–Trinajstić information content (AvgIpc) is 2.31. The first-order valence-electron chi connectivity index (χ1n) is 5.66. The van der Waals surface area contributed by atoms with Crippen molar-refractivity contribution in [2.45, 2.75) is 20.8 Å². The van der Waals surface area contributed by atoms with E-state index in [9.17, 15) is 9.90 Å². The summed E-state index contributed by atoms with van der Waals surface area (Å²) >= 11 is 0. The molecule has 2 aromatic rings. The predicted octanol–water partition coefficient (Wildman–Crippen LogP) is 2.88. The Labute approximate surface area is 101 Å². The summed E-state index contributed by atoms with van der Waals surface area (Å²) in [6, 6.07) is 12.1. The molecule has 1 N–H and O–H groups in total. The van der Waals surface area contributed by atoms with Crippen LogP contribution in [0.4, 0.5) is 0 Å². The Balaban J connectivity index is 0.000000686. The number of pyridine rings is 1.